The van der Waals surface area contributed by atoms with E-state index < -0.39 is 6.10 Å². The van der Waals surface area contributed by atoms with Gasteiger partial charge in [-0.25, -0.2) is 0 Å². The van der Waals surface area contributed by atoms with E-state index in [4.69, 9.17) is 27.9 Å². The second kappa shape index (κ2) is 8.24. The third kappa shape index (κ3) is 4.88. The number of carbonyl (C=O) groups is 1. The molecule has 0 bridgehead atoms. The van der Waals surface area contributed by atoms with Crippen molar-refractivity contribution in [3.05, 3.63) is 56.5 Å². The van der Waals surface area contributed by atoms with E-state index in [9.17, 15) is 4.79 Å². The predicted molar refractivity (Wildman–Crippen MR) is 103 cm³/mol. The van der Waals surface area contributed by atoms with Gasteiger partial charge in [-0.15, -0.1) is 0 Å². The molecule has 0 aliphatic heterocycles. The number of ether oxygens (including phenoxy) is 1. The maximum atomic E-state index is 12.4. The van der Waals surface area contributed by atoms with E-state index in [2.05, 4.69) is 35.1 Å². The number of hydrogen-bond donors (Lipinski definition) is 1. The number of anilines is 1. The Morgan fingerprint density at radius 3 is 2.46 bits per heavy atom. The molecular weight excluding hydrogens is 413 g/mol. The number of halogens is 3. The van der Waals surface area contributed by atoms with E-state index >= 15 is 0 Å². The largest absolute Gasteiger partial charge is 0.479 e. The Morgan fingerprint density at radius 2 is 1.83 bits per heavy atom. The summed E-state index contributed by atoms with van der Waals surface area (Å²) in [5, 5.41) is 3.80. The normalized spacial score (nSPS) is 12.1. The third-order valence-electron chi connectivity index (χ3n) is 3.46. The molecule has 0 aromatic heterocycles. The van der Waals surface area contributed by atoms with Crippen molar-refractivity contribution in [3.8, 4) is 5.75 Å². The van der Waals surface area contributed by atoms with Gasteiger partial charge in [0.2, 0.25) is 0 Å². The molecule has 6 heteroatoms. The SMILES string of the molecule is CC(C)c1cc(Br)ccc1NC(=O)[C@@H](C)Oc1ccc(Cl)cc1Cl. The average Bonchev–Trinajstić information content (AvgIpc) is 2.51. The second-order valence-corrected chi connectivity index (χ2v) is 7.47. The Morgan fingerprint density at radius 1 is 1.12 bits per heavy atom. The van der Waals surface area contributed by atoms with Crippen molar-refractivity contribution in [1.29, 1.82) is 0 Å². The number of amides is 1. The molecule has 128 valence electrons. The Kier molecular flexibility index (Phi) is 6.55. The summed E-state index contributed by atoms with van der Waals surface area (Å²) in [6, 6.07) is 10.7. The number of rotatable bonds is 5. The molecule has 2 aromatic carbocycles. The second-order valence-electron chi connectivity index (χ2n) is 5.71. The summed E-state index contributed by atoms with van der Waals surface area (Å²) in [6.45, 7) is 5.82. The van der Waals surface area contributed by atoms with Crippen LogP contribution in [0.1, 0.15) is 32.3 Å². The zero-order chi connectivity index (χ0) is 17.9. The summed E-state index contributed by atoms with van der Waals surface area (Å²) < 4.78 is 6.62. The number of hydrogen-bond acceptors (Lipinski definition) is 2. The van der Waals surface area contributed by atoms with Crippen molar-refractivity contribution < 1.29 is 9.53 Å². The molecule has 2 rings (SSSR count). The van der Waals surface area contributed by atoms with Gasteiger partial charge in [-0.05, 0) is 54.8 Å². The van der Waals surface area contributed by atoms with Crippen LogP contribution in [0, 0.1) is 0 Å². The van der Waals surface area contributed by atoms with Crippen molar-refractivity contribution in [2.24, 2.45) is 0 Å². The van der Waals surface area contributed by atoms with E-state index in [0.29, 0.717) is 15.8 Å². The van der Waals surface area contributed by atoms with E-state index in [0.717, 1.165) is 15.7 Å². The summed E-state index contributed by atoms with van der Waals surface area (Å²) in [7, 11) is 0. The van der Waals surface area contributed by atoms with Gasteiger partial charge in [-0.1, -0.05) is 53.0 Å². The van der Waals surface area contributed by atoms with E-state index in [-0.39, 0.29) is 11.8 Å². The van der Waals surface area contributed by atoms with Gasteiger partial charge in [0, 0.05) is 15.2 Å². The van der Waals surface area contributed by atoms with Gasteiger partial charge in [0.05, 0.1) is 5.02 Å². The van der Waals surface area contributed by atoms with Gasteiger partial charge in [-0.2, -0.15) is 0 Å². The van der Waals surface area contributed by atoms with Crippen LogP contribution in [0.5, 0.6) is 5.75 Å². The lowest BCUT2D eigenvalue weighted by Gasteiger charge is -2.18. The summed E-state index contributed by atoms with van der Waals surface area (Å²) in [6.07, 6.45) is -0.702. The first-order valence-corrected chi connectivity index (χ1v) is 9.05. The molecule has 0 heterocycles. The van der Waals surface area contributed by atoms with Crippen LogP contribution in [-0.4, -0.2) is 12.0 Å². The molecule has 0 unspecified atom stereocenters. The quantitative estimate of drug-likeness (QED) is 0.605. The fraction of sp³-hybridized carbons (Fsp3) is 0.278. The fourth-order valence-corrected chi connectivity index (χ4v) is 3.01. The smallest absolute Gasteiger partial charge is 0.265 e. The molecule has 1 amide bonds. The Balaban J connectivity index is 2.12. The van der Waals surface area contributed by atoms with Crippen LogP contribution in [0.3, 0.4) is 0 Å². The van der Waals surface area contributed by atoms with Gasteiger partial charge in [-0.3, -0.25) is 4.79 Å². The Labute approximate surface area is 160 Å². The monoisotopic (exact) mass is 429 g/mol. The molecule has 0 spiro atoms. The topological polar surface area (TPSA) is 38.3 Å². The summed E-state index contributed by atoms with van der Waals surface area (Å²) >= 11 is 15.4. The average molecular weight is 431 g/mol. The van der Waals surface area contributed by atoms with E-state index in [1.807, 2.05) is 18.2 Å². The van der Waals surface area contributed by atoms with Gasteiger partial charge >= 0.3 is 0 Å². The summed E-state index contributed by atoms with van der Waals surface area (Å²) in [5.74, 6) is 0.452. The molecule has 1 atom stereocenters. The molecule has 3 nitrogen and oxygen atoms in total. The highest BCUT2D eigenvalue weighted by Gasteiger charge is 2.18. The zero-order valence-electron chi connectivity index (χ0n) is 13.6. The molecule has 0 aliphatic carbocycles. The van der Waals surface area contributed by atoms with Crippen LogP contribution < -0.4 is 10.1 Å². The van der Waals surface area contributed by atoms with Crippen LogP contribution in [0.25, 0.3) is 0 Å². The maximum absolute atomic E-state index is 12.4. The van der Waals surface area contributed by atoms with Gasteiger partial charge in [0.15, 0.2) is 6.10 Å². The standard InChI is InChI=1S/C18H18BrCl2NO2/c1-10(2)14-8-12(19)4-6-16(14)22-18(23)11(3)24-17-7-5-13(20)9-15(17)21/h4-11H,1-3H3,(H,22,23)/t11-/m1/s1. The van der Waals surface area contributed by atoms with Crippen LogP contribution in [0.15, 0.2) is 40.9 Å². The lowest BCUT2D eigenvalue weighted by molar-refractivity contribution is -0.122. The van der Waals surface area contributed by atoms with Crippen LogP contribution in [0.2, 0.25) is 10.0 Å². The van der Waals surface area contributed by atoms with Crippen molar-refractivity contribution in [2.45, 2.75) is 32.8 Å². The first kappa shape index (κ1) is 19.1. The molecule has 0 radical (unpaired) electrons. The van der Waals surface area contributed by atoms with Crippen LogP contribution in [-0.2, 0) is 4.79 Å². The van der Waals surface area contributed by atoms with E-state index in [1.165, 1.54) is 0 Å². The van der Waals surface area contributed by atoms with Gasteiger partial charge in [0.1, 0.15) is 5.75 Å². The van der Waals surface area contributed by atoms with Crippen LogP contribution >= 0.6 is 39.1 Å². The highest BCUT2D eigenvalue weighted by molar-refractivity contribution is 9.10. The summed E-state index contributed by atoms with van der Waals surface area (Å²) in [5.41, 5.74) is 1.82. The Bertz CT molecular complexity index is 750. The van der Waals surface area contributed by atoms with Gasteiger partial charge < -0.3 is 10.1 Å². The fourth-order valence-electron chi connectivity index (χ4n) is 2.17. The van der Waals surface area contributed by atoms with Crippen molar-refractivity contribution >= 4 is 50.7 Å². The number of carbonyl (C=O) groups excluding carboxylic acids is 1. The minimum absolute atomic E-state index is 0.245. The van der Waals surface area contributed by atoms with Crippen molar-refractivity contribution in [2.75, 3.05) is 5.32 Å². The first-order valence-electron chi connectivity index (χ1n) is 7.50. The molecule has 0 saturated heterocycles. The minimum Gasteiger partial charge on any atom is -0.479 e. The van der Waals surface area contributed by atoms with Crippen molar-refractivity contribution in [3.63, 3.8) is 0 Å². The Hall–Kier alpha value is -1.23. The highest BCUT2D eigenvalue weighted by atomic mass is 79.9. The van der Waals surface area contributed by atoms with E-state index in [1.54, 1.807) is 25.1 Å². The van der Waals surface area contributed by atoms with Gasteiger partial charge in [0.25, 0.3) is 5.91 Å². The maximum Gasteiger partial charge on any atom is 0.265 e. The minimum atomic E-state index is -0.702. The molecule has 24 heavy (non-hydrogen) atoms. The lowest BCUT2D eigenvalue weighted by atomic mass is 10.0. The molecule has 0 saturated carbocycles. The first-order chi connectivity index (χ1) is 11.3. The molecule has 0 fully saturated rings. The highest BCUT2D eigenvalue weighted by Crippen LogP contribution is 2.30. The zero-order valence-corrected chi connectivity index (χ0v) is 16.7. The molecule has 0 aliphatic rings. The lowest BCUT2D eigenvalue weighted by Crippen LogP contribution is -2.30. The molecular formula is C18H18BrCl2NO2. The van der Waals surface area contributed by atoms with Crippen LogP contribution in [0.4, 0.5) is 5.69 Å². The predicted octanol–water partition coefficient (Wildman–Crippen LogP) is 6.29. The third-order valence-corrected chi connectivity index (χ3v) is 4.48. The summed E-state index contributed by atoms with van der Waals surface area (Å²) in [4.78, 5) is 12.4. The molecule has 2 aromatic rings. The molecule has 1 N–H and O–H groups in total. The van der Waals surface area contributed by atoms with Crippen molar-refractivity contribution in [1.82, 2.24) is 0 Å². The number of benzene rings is 2. The number of nitrogens with one attached hydrogen (secondary N) is 1.